The van der Waals surface area contributed by atoms with E-state index in [1.54, 1.807) is 6.20 Å². The Morgan fingerprint density at radius 2 is 2.24 bits per heavy atom. The summed E-state index contributed by atoms with van der Waals surface area (Å²) in [6, 6.07) is 0. The van der Waals surface area contributed by atoms with Gasteiger partial charge in [-0.25, -0.2) is 4.98 Å². The molecule has 1 fully saturated rings. The minimum Gasteiger partial charge on any atom is -0.350 e. The van der Waals surface area contributed by atoms with E-state index in [-0.39, 0.29) is 5.91 Å². The highest BCUT2D eigenvalue weighted by Crippen LogP contribution is 2.16. The van der Waals surface area contributed by atoms with Crippen LogP contribution in [0.2, 0.25) is 0 Å². The van der Waals surface area contributed by atoms with Crippen molar-refractivity contribution in [2.75, 3.05) is 26.2 Å². The summed E-state index contributed by atoms with van der Waals surface area (Å²) in [6.45, 7) is 10.5. The normalized spacial score (nSPS) is 19.7. The van der Waals surface area contributed by atoms with Crippen LogP contribution in [0.4, 0.5) is 0 Å². The number of carbonyl (C=O) groups is 1. The fourth-order valence-electron chi connectivity index (χ4n) is 2.84. The summed E-state index contributed by atoms with van der Waals surface area (Å²) in [7, 11) is 0. The molecule has 1 saturated heterocycles. The third kappa shape index (κ3) is 5.08. The number of aryl methyl sites for hydroxylation is 1. The van der Waals surface area contributed by atoms with Crippen LogP contribution in [0.5, 0.6) is 0 Å². The molecule has 1 aliphatic heterocycles. The lowest BCUT2D eigenvalue weighted by molar-refractivity contribution is 0.0924. The van der Waals surface area contributed by atoms with Gasteiger partial charge in [0.05, 0.1) is 11.9 Å². The smallest absolute Gasteiger partial charge is 0.271 e. The van der Waals surface area contributed by atoms with Crippen molar-refractivity contribution in [1.82, 2.24) is 20.2 Å². The van der Waals surface area contributed by atoms with Gasteiger partial charge >= 0.3 is 0 Å². The van der Waals surface area contributed by atoms with E-state index in [4.69, 9.17) is 0 Å². The summed E-state index contributed by atoms with van der Waals surface area (Å²) < 4.78 is 0. The molecule has 5 heteroatoms. The zero-order chi connectivity index (χ0) is 15.2. The van der Waals surface area contributed by atoms with Crippen LogP contribution in [0.1, 0.15) is 42.9 Å². The highest BCUT2D eigenvalue weighted by atomic mass is 16.1. The minimum absolute atomic E-state index is 0.122. The fraction of sp³-hybridized carbons (Fsp3) is 0.688. The van der Waals surface area contributed by atoms with Crippen LogP contribution in [-0.2, 0) is 0 Å². The van der Waals surface area contributed by atoms with Crippen molar-refractivity contribution in [2.45, 2.75) is 33.6 Å². The SMILES string of the molecule is Cc1cnc(C(=O)NC[C@@H]2CCCN(CC(C)C)C2)cn1. The molecule has 1 amide bonds. The molecule has 116 valence electrons. The van der Waals surface area contributed by atoms with E-state index in [9.17, 15) is 4.79 Å². The van der Waals surface area contributed by atoms with Gasteiger partial charge in [-0.2, -0.15) is 0 Å². The molecule has 5 nitrogen and oxygen atoms in total. The average Bonchev–Trinajstić information content (AvgIpc) is 2.45. The van der Waals surface area contributed by atoms with Gasteiger partial charge in [-0.15, -0.1) is 0 Å². The summed E-state index contributed by atoms with van der Waals surface area (Å²) in [5.74, 6) is 1.12. The number of piperidine rings is 1. The number of hydrogen-bond donors (Lipinski definition) is 1. The van der Waals surface area contributed by atoms with Gasteiger partial charge in [0.15, 0.2) is 0 Å². The Morgan fingerprint density at radius 3 is 2.90 bits per heavy atom. The van der Waals surface area contributed by atoms with Gasteiger partial charge in [-0.1, -0.05) is 13.8 Å². The van der Waals surface area contributed by atoms with Gasteiger partial charge in [0, 0.05) is 25.8 Å². The number of likely N-dealkylation sites (tertiary alicyclic amines) is 1. The number of amides is 1. The molecule has 1 aromatic rings. The number of rotatable bonds is 5. The molecule has 2 heterocycles. The predicted octanol–water partition coefficient (Wildman–Crippen LogP) is 1.88. The maximum absolute atomic E-state index is 12.0. The highest BCUT2D eigenvalue weighted by molar-refractivity contribution is 5.91. The summed E-state index contributed by atoms with van der Waals surface area (Å²) in [6.07, 6.45) is 5.57. The zero-order valence-corrected chi connectivity index (χ0v) is 13.3. The van der Waals surface area contributed by atoms with Crippen LogP contribution < -0.4 is 5.32 Å². The van der Waals surface area contributed by atoms with E-state index < -0.39 is 0 Å². The van der Waals surface area contributed by atoms with Crippen LogP contribution >= 0.6 is 0 Å². The van der Waals surface area contributed by atoms with Crippen LogP contribution in [0.3, 0.4) is 0 Å². The Labute approximate surface area is 127 Å². The zero-order valence-electron chi connectivity index (χ0n) is 13.3. The summed E-state index contributed by atoms with van der Waals surface area (Å²) >= 11 is 0. The largest absolute Gasteiger partial charge is 0.350 e. The van der Waals surface area contributed by atoms with E-state index in [0.29, 0.717) is 17.5 Å². The molecule has 1 N–H and O–H groups in total. The number of nitrogens with zero attached hydrogens (tertiary/aromatic N) is 3. The van der Waals surface area contributed by atoms with Crippen LogP contribution in [0, 0.1) is 18.8 Å². The van der Waals surface area contributed by atoms with E-state index in [1.165, 1.54) is 25.6 Å². The minimum atomic E-state index is -0.122. The summed E-state index contributed by atoms with van der Waals surface area (Å²) in [5.41, 5.74) is 1.22. The van der Waals surface area contributed by atoms with Crippen molar-refractivity contribution in [3.63, 3.8) is 0 Å². The van der Waals surface area contributed by atoms with Crippen molar-refractivity contribution >= 4 is 5.91 Å². The molecule has 0 radical (unpaired) electrons. The molecule has 2 rings (SSSR count). The van der Waals surface area contributed by atoms with Gasteiger partial charge in [0.2, 0.25) is 0 Å². The summed E-state index contributed by atoms with van der Waals surface area (Å²) in [4.78, 5) is 22.8. The Balaban J connectivity index is 1.79. The lowest BCUT2D eigenvalue weighted by Gasteiger charge is -2.33. The Morgan fingerprint density at radius 1 is 1.43 bits per heavy atom. The predicted molar refractivity (Wildman–Crippen MR) is 83.1 cm³/mol. The molecule has 0 bridgehead atoms. The van der Waals surface area contributed by atoms with E-state index in [1.807, 2.05) is 6.92 Å². The van der Waals surface area contributed by atoms with Crippen molar-refractivity contribution in [3.05, 3.63) is 23.8 Å². The summed E-state index contributed by atoms with van der Waals surface area (Å²) in [5, 5.41) is 2.99. The van der Waals surface area contributed by atoms with Crippen molar-refractivity contribution < 1.29 is 4.79 Å². The average molecular weight is 290 g/mol. The van der Waals surface area contributed by atoms with Gasteiger partial charge in [0.25, 0.3) is 5.91 Å². The van der Waals surface area contributed by atoms with Crippen LogP contribution in [0.25, 0.3) is 0 Å². The number of nitrogens with one attached hydrogen (secondary N) is 1. The molecule has 0 aliphatic carbocycles. The fourth-order valence-corrected chi connectivity index (χ4v) is 2.84. The quantitative estimate of drug-likeness (QED) is 0.899. The Kier molecular flexibility index (Phi) is 5.67. The molecule has 0 spiro atoms. The highest BCUT2D eigenvalue weighted by Gasteiger charge is 2.21. The van der Waals surface area contributed by atoms with Gasteiger partial charge in [-0.3, -0.25) is 9.78 Å². The number of hydrogen-bond acceptors (Lipinski definition) is 4. The lowest BCUT2D eigenvalue weighted by Crippen LogP contribution is -2.42. The lowest BCUT2D eigenvalue weighted by atomic mass is 9.97. The van der Waals surface area contributed by atoms with Gasteiger partial charge in [-0.05, 0) is 38.1 Å². The van der Waals surface area contributed by atoms with Crippen LogP contribution in [-0.4, -0.2) is 47.0 Å². The Bertz CT molecular complexity index is 458. The molecule has 1 aromatic heterocycles. The van der Waals surface area contributed by atoms with Crippen LogP contribution in [0.15, 0.2) is 12.4 Å². The second kappa shape index (κ2) is 7.50. The maximum Gasteiger partial charge on any atom is 0.271 e. The molecule has 1 aliphatic rings. The monoisotopic (exact) mass is 290 g/mol. The molecule has 0 aromatic carbocycles. The Hall–Kier alpha value is -1.49. The van der Waals surface area contributed by atoms with E-state index in [0.717, 1.165) is 25.3 Å². The first-order valence-corrected chi connectivity index (χ1v) is 7.84. The first-order chi connectivity index (χ1) is 10.0. The van der Waals surface area contributed by atoms with Crippen molar-refractivity contribution in [1.29, 1.82) is 0 Å². The molecular weight excluding hydrogens is 264 g/mol. The van der Waals surface area contributed by atoms with Gasteiger partial charge < -0.3 is 10.2 Å². The topological polar surface area (TPSA) is 58.1 Å². The van der Waals surface area contributed by atoms with Gasteiger partial charge in [0.1, 0.15) is 5.69 Å². The standard InChI is InChI=1S/C16H26N4O/c1-12(2)10-20-6-4-5-14(11-20)8-19-16(21)15-9-17-13(3)7-18-15/h7,9,12,14H,4-6,8,10-11H2,1-3H3,(H,19,21)/t14-/m0/s1. The first-order valence-electron chi connectivity index (χ1n) is 7.84. The second-order valence-corrected chi connectivity index (χ2v) is 6.41. The number of carbonyl (C=O) groups excluding carboxylic acids is 1. The molecule has 1 atom stereocenters. The number of aromatic nitrogens is 2. The molecule has 21 heavy (non-hydrogen) atoms. The van der Waals surface area contributed by atoms with Crippen molar-refractivity contribution in [2.24, 2.45) is 11.8 Å². The van der Waals surface area contributed by atoms with Crippen molar-refractivity contribution in [3.8, 4) is 0 Å². The van der Waals surface area contributed by atoms with E-state index >= 15 is 0 Å². The maximum atomic E-state index is 12.0. The third-order valence-corrected chi connectivity index (χ3v) is 3.79. The van der Waals surface area contributed by atoms with E-state index in [2.05, 4.69) is 34.0 Å². The first kappa shape index (κ1) is 15.9. The third-order valence-electron chi connectivity index (χ3n) is 3.79. The molecular formula is C16H26N4O. The molecule has 0 unspecified atom stereocenters. The molecule has 0 saturated carbocycles. The second-order valence-electron chi connectivity index (χ2n) is 6.41.